The lowest BCUT2D eigenvalue weighted by atomic mass is 9.97. The molecule has 28 heavy (non-hydrogen) atoms. The van der Waals surface area contributed by atoms with Gasteiger partial charge in [-0.2, -0.15) is 0 Å². The maximum Gasteiger partial charge on any atom is 0.281 e. The first-order chi connectivity index (χ1) is 13.4. The molecule has 146 valence electrons. The fraction of sp³-hybridized carbons (Fsp3) is 0.389. The van der Waals surface area contributed by atoms with Crippen LogP contribution in [0.1, 0.15) is 29.0 Å². The number of piperidine rings is 1. The number of aryl methyl sites for hydroxylation is 1. The molecule has 0 unspecified atom stereocenters. The van der Waals surface area contributed by atoms with Gasteiger partial charge < -0.3 is 9.88 Å². The Labute approximate surface area is 158 Å². The van der Waals surface area contributed by atoms with Crippen LogP contribution in [0.15, 0.2) is 23.0 Å². The zero-order chi connectivity index (χ0) is 19.8. The number of aromatic amines is 1. The van der Waals surface area contributed by atoms with Crippen LogP contribution < -0.4 is 5.56 Å². The van der Waals surface area contributed by atoms with E-state index < -0.39 is 11.6 Å². The standard InChI is InChI=1S/C18H18F2N6O2/c1-10-21-16-15(17(27)22-10)23-24-26(16)9-11-3-2-6-25(8-11)18(28)12-4-5-13(19)14(20)7-12/h4-5,7,11H,2-3,6,8-9H2,1H3,(H,21,22,27)/t11-/m0/s1. The summed E-state index contributed by atoms with van der Waals surface area (Å²) in [5, 5.41) is 7.92. The van der Waals surface area contributed by atoms with Gasteiger partial charge in [0.15, 0.2) is 22.8 Å². The second-order valence-corrected chi connectivity index (χ2v) is 6.98. The van der Waals surface area contributed by atoms with E-state index in [-0.39, 0.29) is 28.5 Å². The Morgan fingerprint density at radius 1 is 1.32 bits per heavy atom. The van der Waals surface area contributed by atoms with Gasteiger partial charge in [0.1, 0.15) is 5.82 Å². The van der Waals surface area contributed by atoms with Crippen LogP contribution in [0, 0.1) is 24.5 Å². The number of rotatable bonds is 3. The first kappa shape index (κ1) is 18.2. The SMILES string of the molecule is Cc1nc2c(nnn2C[C@H]2CCCN(C(=O)c3ccc(F)c(F)c3)C2)c(=O)[nH]1. The number of carbonyl (C=O) groups excluding carboxylic acids is 1. The molecular weight excluding hydrogens is 370 g/mol. The van der Waals surface area contributed by atoms with Crippen LogP contribution in [0.2, 0.25) is 0 Å². The lowest BCUT2D eigenvalue weighted by Gasteiger charge is -2.32. The molecule has 1 amide bonds. The molecule has 4 rings (SSSR count). The molecule has 0 aliphatic carbocycles. The van der Waals surface area contributed by atoms with Crippen molar-refractivity contribution in [2.24, 2.45) is 5.92 Å². The summed E-state index contributed by atoms with van der Waals surface area (Å²) in [6.45, 7) is 3.12. The molecule has 1 aliphatic rings. The summed E-state index contributed by atoms with van der Waals surface area (Å²) in [4.78, 5) is 33.1. The number of amides is 1. The molecule has 1 fully saturated rings. The van der Waals surface area contributed by atoms with Crippen molar-refractivity contribution < 1.29 is 13.6 Å². The summed E-state index contributed by atoms with van der Waals surface area (Å²) < 4.78 is 28.1. The Kier molecular flexibility index (Phi) is 4.62. The quantitative estimate of drug-likeness (QED) is 0.736. The molecule has 1 aromatic carbocycles. The van der Waals surface area contributed by atoms with Crippen LogP contribution in [0.3, 0.4) is 0 Å². The maximum absolute atomic E-state index is 13.4. The Morgan fingerprint density at radius 2 is 2.14 bits per heavy atom. The van der Waals surface area contributed by atoms with Crippen LogP contribution in [-0.2, 0) is 6.54 Å². The molecule has 1 saturated heterocycles. The average molecular weight is 388 g/mol. The van der Waals surface area contributed by atoms with Crippen molar-refractivity contribution in [1.29, 1.82) is 0 Å². The number of halogens is 2. The second-order valence-electron chi connectivity index (χ2n) is 6.98. The van der Waals surface area contributed by atoms with E-state index in [9.17, 15) is 18.4 Å². The van der Waals surface area contributed by atoms with E-state index in [1.54, 1.807) is 16.5 Å². The van der Waals surface area contributed by atoms with Gasteiger partial charge in [-0.05, 0) is 43.9 Å². The third-order valence-corrected chi connectivity index (χ3v) is 4.90. The number of nitrogens with one attached hydrogen (secondary N) is 1. The molecule has 0 bridgehead atoms. The number of H-pyrrole nitrogens is 1. The maximum atomic E-state index is 13.4. The highest BCUT2D eigenvalue weighted by atomic mass is 19.2. The number of likely N-dealkylation sites (tertiary alicyclic amines) is 1. The van der Waals surface area contributed by atoms with Crippen LogP contribution >= 0.6 is 0 Å². The van der Waals surface area contributed by atoms with Crippen LogP contribution in [0.25, 0.3) is 11.2 Å². The van der Waals surface area contributed by atoms with Gasteiger partial charge in [0.05, 0.1) is 0 Å². The van der Waals surface area contributed by atoms with E-state index in [1.165, 1.54) is 6.07 Å². The van der Waals surface area contributed by atoms with E-state index in [4.69, 9.17) is 0 Å². The lowest BCUT2D eigenvalue weighted by molar-refractivity contribution is 0.0659. The van der Waals surface area contributed by atoms with Crippen molar-refractivity contribution in [3.63, 3.8) is 0 Å². The van der Waals surface area contributed by atoms with Gasteiger partial charge in [-0.25, -0.2) is 18.4 Å². The van der Waals surface area contributed by atoms with E-state index in [1.807, 2.05) is 0 Å². The normalized spacial score (nSPS) is 17.2. The van der Waals surface area contributed by atoms with Gasteiger partial charge >= 0.3 is 0 Å². The van der Waals surface area contributed by atoms with E-state index in [0.29, 0.717) is 31.1 Å². The molecule has 3 aromatic rings. The third kappa shape index (κ3) is 3.37. The van der Waals surface area contributed by atoms with Crippen LogP contribution in [-0.4, -0.2) is 48.9 Å². The van der Waals surface area contributed by atoms with Gasteiger partial charge in [0.25, 0.3) is 11.5 Å². The largest absolute Gasteiger partial charge is 0.338 e. The summed E-state index contributed by atoms with van der Waals surface area (Å²) in [6.07, 6.45) is 1.64. The zero-order valence-corrected chi connectivity index (χ0v) is 15.2. The van der Waals surface area contributed by atoms with Crippen LogP contribution in [0.5, 0.6) is 0 Å². The molecular formula is C18H18F2N6O2. The van der Waals surface area contributed by atoms with E-state index in [2.05, 4.69) is 20.3 Å². The number of hydrogen-bond donors (Lipinski definition) is 1. The Morgan fingerprint density at radius 3 is 2.93 bits per heavy atom. The molecule has 0 saturated carbocycles. The van der Waals surface area contributed by atoms with Crippen molar-refractivity contribution >= 4 is 17.1 Å². The minimum Gasteiger partial charge on any atom is -0.338 e. The fourth-order valence-corrected chi connectivity index (χ4v) is 3.55. The smallest absolute Gasteiger partial charge is 0.281 e. The Bertz CT molecular complexity index is 1110. The van der Waals surface area contributed by atoms with E-state index >= 15 is 0 Å². The van der Waals surface area contributed by atoms with Gasteiger partial charge in [-0.15, -0.1) is 5.10 Å². The van der Waals surface area contributed by atoms with Crippen molar-refractivity contribution in [1.82, 2.24) is 29.9 Å². The third-order valence-electron chi connectivity index (χ3n) is 4.90. The van der Waals surface area contributed by atoms with Gasteiger partial charge in [0, 0.05) is 25.2 Å². The number of benzene rings is 1. The number of nitrogens with zero attached hydrogens (tertiary/aromatic N) is 5. The summed E-state index contributed by atoms with van der Waals surface area (Å²) in [7, 11) is 0. The Hall–Kier alpha value is -3.17. The molecule has 0 spiro atoms. The van der Waals surface area contributed by atoms with Gasteiger partial charge in [-0.3, -0.25) is 9.59 Å². The van der Waals surface area contributed by atoms with Crippen molar-refractivity contribution in [3.8, 4) is 0 Å². The summed E-state index contributed by atoms with van der Waals surface area (Å²) in [6, 6.07) is 3.16. The highest BCUT2D eigenvalue weighted by molar-refractivity contribution is 5.94. The minimum atomic E-state index is -1.04. The molecule has 8 nitrogen and oxygen atoms in total. The fourth-order valence-electron chi connectivity index (χ4n) is 3.55. The Balaban J connectivity index is 1.52. The van der Waals surface area contributed by atoms with Gasteiger partial charge in [0.2, 0.25) is 0 Å². The molecule has 0 radical (unpaired) electrons. The van der Waals surface area contributed by atoms with Gasteiger partial charge in [-0.1, -0.05) is 5.21 Å². The highest BCUT2D eigenvalue weighted by Crippen LogP contribution is 2.21. The predicted octanol–water partition coefficient (Wildman–Crippen LogP) is 1.65. The van der Waals surface area contributed by atoms with Crippen molar-refractivity contribution in [2.75, 3.05) is 13.1 Å². The molecule has 10 heteroatoms. The van der Waals surface area contributed by atoms with Crippen LogP contribution in [0.4, 0.5) is 8.78 Å². The molecule has 1 N–H and O–H groups in total. The molecule has 2 aromatic heterocycles. The first-order valence-corrected chi connectivity index (χ1v) is 8.97. The van der Waals surface area contributed by atoms with E-state index in [0.717, 1.165) is 25.0 Å². The first-order valence-electron chi connectivity index (χ1n) is 8.97. The number of carbonyl (C=O) groups is 1. The van der Waals surface area contributed by atoms with Crippen molar-refractivity contribution in [3.05, 3.63) is 51.6 Å². The summed E-state index contributed by atoms with van der Waals surface area (Å²) >= 11 is 0. The van der Waals surface area contributed by atoms with Crippen molar-refractivity contribution in [2.45, 2.75) is 26.3 Å². The number of hydrogen-bond acceptors (Lipinski definition) is 5. The summed E-state index contributed by atoms with van der Waals surface area (Å²) in [5.41, 5.74) is 0.364. The lowest BCUT2D eigenvalue weighted by Crippen LogP contribution is -2.41. The monoisotopic (exact) mass is 388 g/mol. The topological polar surface area (TPSA) is 96.8 Å². The predicted molar refractivity (Wildman–Crippen MR) is 95.7 cm³/mol. The molecule has 1 aliphatic heterocycles. The zero-order valence-electron chi connectivity index (χ0n) is 15.2. The average Bonchev–Trinajstić information content (AvgIpc) is 3.06. The number of fused-ring (bicyclic) bond motifs is 1. The second kappa shape index (κ2) is 7.10. The molecule has 3 heterocycles. The number of aromatic nitrogens is 5. The highest BCUT2D eigenvalue weighted by Gasteiger charge is 2.26. The summed E-state index contributed by atoms with van der Waals surface area (Å²) in [5.74, 6) is -1.81. The minimum absolute atomic E-state index is 0.0780. The molecule has 1 atom stereocenters.